The summed E-state index contributed by atoms with van der Waals surface area (Å²) in [4.78, 5) is 14.5. The lowest BCUT2D eigenvalue weighted by Gasteiger charge is -2.02. The van der Waals surface area contributed by atoms with Crippen LogP contribution in [-0.2, 0) is 4.79 Å². The van der Waals surface area contributed by atoms with Gasteiger partial charge in [-0.2, -0.15) is 11.3 Å². The number of carbonyl (C=O) groups is 1. The first-order chi connectivity index (χ1) is 7.27. The third-order valence-corrected chi connectivity index (χ3v) is 3.34. The van der Waals surface area contributed by atoms with Gasteiger partial charge < -0.3 is 5.11 Å². The van der Waals surface area contributed by atoms with Gasteiger partial charge >= 0.3 is 5.97 Å². The van der Waals surface area contributed by atoms with Gasteiger partial charge in [0.15, 0.2) is 5.16 Å². The number of aliphatic carboxylic acids is 1. The van der Waals surface area contributed by atoms with E-state index >= 15 is 0 Å². The summed E-state index contributed by atoms with van der Waals surface area (Å²) >= 11 is 2.81. The molecule has 0 unspecified atom stereocenters. The highest BCUT2D eigenvalue weighted by atomic mass is 32.2. The molecule has 0 aromatic carbocycles. The first kappa shape index (κ1) is 10.3. The van der Waals surface area contributed by atoms with Gasteiger partial charge in [-0.1, -0.05) is 11.8 Å². The van der Waals surface area contributed by atoms with Gasteiger partial charge in [0.1, 0.15) is 0 Å². The van der Waals surface area contributed by atoms with Crippen LogP contribution >= 0.6 is 23.1 Å². The van der Waals surface area contributed by atoms with Gasteiger partial charge in [0, 0.05) is 17.8 Å². The molecule has 0 aliphatic rings. The van der Waals surface area contributed by atoms with E-state index in [9.17, 15) is 4.79 Å². The minimum Gasteiger partial charge on any atom is -0.481 e. The van der Waals surface area contributed by atoms with Gasteiger partial charge in [0.25, 0.3) is 0 Å². The monoisotopic (exact) mass is 240 g/mol. The lowest BCUT2D eigenvalue weighted by molar-refractivity contribution is -0.133. The van der Waals surface area contributed by atoms with Crippen LogP contribution in [0.5, 0.6) is 0 Å². The van der Waals surface area contributed by atoms with Crippen LogP contribution in [0.4, 0.5) is 0 Å². The van der Waals surface area contributed by atoms with Crippen LogP contribution in [0.25, 0.3) is 5.69 Å². The predicted octanol–water partition coefficient (Wildman–Crippen LogP) is 2.11. The van der Waals surface area contributed by atoms with Crippen molar-refractivity contribution in [2.75, 3.05) is 5.75 Å². The Balaban J connectivity index is 2.19. The fourth-order valence-electron chi connectivity index (χ4n) is 1.11. The van der Waals surface area contributed by atoms with Crippen LogP contribution in [0, 0.1) is 0 Å². The number of thioether (sulfide) groups is 1. The molecule has 6 heteroatoms. The third-order valence-electron chi connectivity index (χ3n) is 1.72. The van der Waals surface area contributed by atoms with Gasteiger partial charge in [-0.05, 0) is 11.4 Å². The molecule has 78 valence electrons. The third kappa shape index (κ3) is 2.40. The van der Waals surface area contributed by atoms with Crippen LogP contribution in [0.1, 0.15) is 0 Å². The van der Waals surface area contributed by atoms with Gasteiger partial charge in [-0.25, -0.2) is 4.98 Å². The molecule has 2 aromatic rings. The molecule has 2 rings (SSSR count). The van der Waals surface area contributed by atoms with Gasteiger partial charge in [-0.15, -0.1) is 0 Å². The summed E-state index contributed by atoms with van der Waals surface area (Å²) in [5.41, 5.74) is 1.02. The summed E-state index contributed by atoms with van der Waals surface area (Å²) in [6, 6.07) is 1.97. The Hall–Kier alpha value is -1.27. The Labute approximate surface area is 94.6 Å². The smallest absolute Gasteiger partial charge is 0.313 e. The Morgan fingerprint density at radius 3 is 3.20 bits per heavy atom. The summed E-state index contributed by atoms with van der Waals surface area (Å²) in [7, 11) is 0. The Kier molecular flexibility index (Phi) is 3.08. The average molecular weight is 240 g/mol. The molecule has 2 heterocycles. The fraction of sp³-hybridized carbons (Fsp3) is 0.111. The second kappa shape index (κ2) is 4.50. The van der Waals surface area contributed by atoms with Gasteiger partial charge in [-0.3, -0.25) is 9.36 Å². The predicted molar refractivity (Wildman–Crippen MR) is 59.8 cm³/mol. The standard InChI is InChI=1S/C9H8N2O2S2/c12-8(13)6-15-9-10-2-3-11(9)7-1-4-14-5-7/h1-5H,6H2,(H,12,13). The summed E-state index contributed by atoms with van der Waals surface area (Å²) in [6.45, 7) is 0. The zero-order valence-electron chi connectivity index (χ0n) is 7.66. The van der Waals surface area contributed by atoms with E-state index in [-0.39, 0.29) is 5.75 Å². The number of hydrogen-bond acceptors (Lipinski definition) is 4. The van der Waals surface area contributed by atoms with Crippen molar-refractivity contribution in [2.24, 2.45) is 0 Å². The van der Waals surface area contributed by atoms with Crippen LogP contribution in [-0.4, -0.2) is 26.4 Å². The number of hydrogen-bond donors (Lipinski definition) is 1. The molecular weight excluding hydrogens is 232 g/mol. The van der Waals surface area contributed by atoms with Gasteiger partial charge in [0.05, 0.1) is 11.4 Å². The number of rotatable bonds is 4. The SMILES string of the molecule is O=C(O)CSc1nccn1-c1ccsc1. The van der Waals surface area contributed by atoms with E-state index in [1.807, 2.05) is 27.6 Å². The van der Waals surface area contributed by atoms with E-state index in [1.54, 1.807) is 17.5 Å². The van der Waals surface area contributed by atoms with Crippen molar-refractivity contribution < 1.29 is 9.90 Å². The molecule has 0 atom stereocenters. The number of aromatic nitrogens is 2. The molecule has 0 aliphatic heterocycles. The highest BCUT2D eigenvalue weighted by Crippen LogP contribution is 2.21. The Bertz CT molecular complexity index is 450. The molecular formula is C9H8N2O2S2. The van der Waals surface area contributed by atoms with Crippen molar-refractivity contribution >= 4 is 29.1 Å². The van der Waals surface area contributed by atoms with Crippen molar-refractivity contribution in [3.05, 3.63) is 29.2 Å². The van der Waals surface area contributed by atoms with E-state index in [0.717, 1.165) is 5.69 Å². The van der Waals surface area contributed by atoms with Crippen molar-refractivity contribution in [3.63, 3.8) is 0 Å². The maximum Gasteiger partial charge on any atom is 0.313 e. The molecule has 0 fully saturated rings. The van der Waals surface area contributed by atoms with Crippen LogP contribution < -0.4 is 0 Å². The normalized spacial score (nSPS) is 10.4. The molecule has 0 saturated heterocycles. The maximum absolute atomic E-state index is 10.4. The quantitative estimate of drug-likeness (QED) is 0.832. The Morgan fingerprint density at radius 1 is 1.67 bits per heavy atom. The zero-order valence-corrected chi connectivity index (χ0v) is 9.29. The first-order valence-electron chi connectivity index (χ1n) is 4.18. The first-order valence-corrected chi connectivity index (χ1v) is 6.11. The number of thiophene rings is 1. The molecule has 0 radical (unpaired) electrons. The molecule has 0 aliphatic carbocycles. The van der Waals surface area contributed by atoms with Crippen molar-refractivity contribution in [1.29, 1.82) is 0 Å². The highest BCUT2D eigenvalue weighted by Gasteiger charge is 2.07. The molecule has 0 saturated carbocycles. The number of imidazole rings is 1. The van der Waals surface area contributed by atoms with E-state index in [1.165, 1.54) is 11.8 Å². The van der Waals surface area contributed by atoms with Gasteiger partial charge in [0.2, 0.25) is 0 Å². The largest absolute Gasteiger partial charge is 0.481 e. The van der Waals surface area contributed by atoms with E-state index in [0.29, 0.717) is 5.16 Å². The molecule has 4 nitrogen and oxygen atoms in total. The molecule has 2 aromatic heterocycles. The van der Waals surface area contributed by atoms with E-state index in [4.69, 9.17) is 5.11 Å². The van der Waals surface area contributed by atoms with Crippen molar-refractivity contribution in [3.8, 4) is 5.69 Å². The zero-order chi connectivity index (χ0) is 10.7. The fourth-order valence-corrected chi connectivity index (χ4v) is 2.44. The van der Waals surface area contributed by atoms with Crippen LogP contribution in [0.15, 0.2) is 34.4 Å². The second-order valence-corrected chi connectivity index (χ2v) is 4.47. The summed E-state index contributed by atoms with van der Waals surface area (Å²) in [6.07, 6.45) is 3.49. The van der Waals surface area contributed by atoms with Crippen molar-refractivity contribution in [2.45, 2.75) is 5.16 Å². The summed E-state index contributed by atoms with van der Waals surface area (Å²) in [5, 5.41) is 13.2. The minimum atomic E-state index is -0.833. The van der Waals surface area contributed by atoms with Crippen LogP contribution in [0.3, 0.4) is 0 Å². The highest BCUT2D eigenvalue weighted by molar-refractivity contribution is 7.99. The molecule has 15 heavy (non-hydrogen) atoms. The topological polar surface area (TPSA) is 55.1 Å². The van der Waals surface area contributed by atoms with E-state index < -0.39 is 5.97 Å². The number of carboxylic acids is 1. The average Bonchev–Trinajstić information content (AvgIpc) is 2.85. The lowest BCUT2D eigenvalue weighted by Crippen LogP contribution is -2.00. The van der Waals surface area contributed by atoms with E-state index in [2.05, 4.69) is 4.98 Å². The number of nitrogens with zero attached hydrogens (tertiary/aromatic N) is 2. The molecule has 0 spiro atoms. The summed E-state index contributed by atoms with van der Waals surface area (Å²) in [5.74, 6) is -0.805. The lowest BCUT2D eigenvalue weighted by atomic mass is 10.5. The molecule has 0 bridgehead atoms. The Morgan fingerprint density at radius 2 is 2.53 bits per heavy atom. The minimum absolute atomic E-state index is 0.0289. The second-order valence-electron chi connectivity index (χ2n) is 2.74. The summed E-state index contributed by atoms with van der Waals surface area (Å²) < 4.78 is 1.88. The molecule has 1 N–H and O–H groups in total. The van der Waals surface area contributed by atoms with Crippen molar-refractivity contribution in [1.82, 2.24) is 9.55 Å². The van der Waals surface area contributed by atoms with Crippen LogP contribution in [0.2, 0.25) is 0 Å². The molecule has 0 amide bonds. The maximum atomic E-state index is 10.4. The number of carboxylic acid groups (broad SMARTS) is 1.